The molecule has 1 unspecified atom stereocenters. The van der Waals surface area contributed by atoms with Gasteiger partial charge in [0.1, 0.15) is 0 Å². The van der Waals surface area contributed by atoms with E-state index in [0.717, 1.165) is 43.3 Å². The van der Waals surface area contributed by atoms with Gasteiger partial charge in [-0.2, -0.15) is 26.3 Å². The van der Waals surface area contributed by atoms with E-state index in [-0.39, 0.29) is 6.07 Å². The van der Waals surface area contributed by atoms with E-state index in [1.807, 2.05) is 133 Å². The maximum Gasteiger partial charge on any atom is 0.416 e. The monoisotopic (exact) mass is 721 g/mol. The fourth-order valence-electron chi connectivity index (χ4n) is 6.64. The van der Waals surface area contributed by atoms with Gasteiger partial charge < -0.3 is 5.32 Å². The molecular weight excluding hydrogens is 691 g/mol. The number of halogens is 6. The lowest BCUT2D eigenvalue weighted by molar-refractivity contribution is -0.143. The lowest BCUT2D eigenvalue weighted by atomic mass is 9.88. The zero-order valence-corrected chi connectivity index (χ0v) is 28.3. The van der Waals surface area contributed by atoms with Crippen LogP contribution in [0, 0.1) is 0 Å². The molecule has 0 spiro atoms. The molecule has 7 rings (SSSR count). The first-order valence-electron chi connectivity index (χ1n) is 16.4. The number of rotatable bonds is 8. The Morgan fingerprint density at radius 2 is 1.02 bits per heavy atom. The predicted molar refractivity (Wildman–Crippen MR) is 197 cm³/mol. The summed E-state index contributed by atoms with van der Waals surface area (Å²) in [6, 6.07) is 45.0. The summed E-state index contributed by atoms with van der Waals surface area (Å²) < 4.78 is 83.2. The van der Waals surface area contributed by atoms with Crippen molar-refractivity contribution < 1.29 is 31.1 Å². The van der Waals surface area contributed by atoms with Gasteiger partial charge in [0.25, 0.3) is 5.91 Å². The van der Waals surface area contributed by atoms with Crippen LogP contribution in [0.2, 0.25) is 0 Å². The molecule has 0 aliphatic rings. The molecule has 0 saturated heterocycles. The van der Waals surface area contributed by atoms with Crippen LogP contribution in [-0.2, 0) is 12.4 Å². The number of alkyl halides is 6. The second kappa shape index (κ2) is 14.3. The Hall–Kier alpha value is -5.46. The minimum Gasteiger partial charge on any atom is -0.345 e. The van der Waals surface area contributed by atoms with Gasteiger partial charge >= 0.3 is 12.4 Å². The Balaban J connectivity index is 1.43. The second-order valence-electron chi connectivity index (χ2n) is 12.4. The van der Waals surface area contributed by atoms with Gasteiger partial charge in [-0.1, -0.05) is 133 Å². The zero-order chi connectivity index (χ0) is 36.5. The number of hydrogen-bond acceptors (Lipinski definition) is 1. The van der Waals surface area contributed by atoms with Gasteiger partial charge in [0.15, 0.2) is 0 Å². The van der Waals surface area contributed by atoms with Crippen LogP contribution in [-0.4, -0.2) is 12.1 Å². The average Bonchev–Trinajstić information content (AvgIpc) is 3.15. The van der Waals surface area contributed by atoms with Crippen LogP contribution in [0.5, 0.6) is 0 Å². The van der Waals surface area contributed by atoms with Crippen LogP contribution in [0.3, 0.4) is 0 Å². The average molecular weight is 722 g/mol. The molecule has 2 nitrogen and oxygen atoms in total. The Kier molecular flexibility index (Phi) is 9.60. The van der Waals surface area contributed by atoms with Gasteiger partial charge in [-0.15, -0.1) is 0 Å². The van der Waals surface area contributed by atoms with Crippen LogP contribution in [0.15, 0.2) is 158 Å². The van der Waals surface area contributed by atoms with Crippen molar-refractivity contribution in [3.05, 3.63) is 180 Å². The third-order valence-electron chi connectivity index (χ3n) is 9.03. The lowest BCUT2D eigenvalue weighted by Crippen LogP contribution is -2.33. The topological polar surface area (TPSA) is 29.1 Å². The molecule has 52 heavy (non-hydrogen) atoms. The van der Waals surface area contributed by atoms with E-state index < -0.39 is 48.9 Å². The maximum absolute atomic E-state index is 14.1. The summed E-state index contributed by atoms with van der Waals surface area (Å²) in [5.74, 6) is -1.05. The normalized spacial score (nSPS) is 12.7. The summed E-state index contributed by atoms with van der Waals surface area (Å²) in [7, 11) is -1.19. The second-order valence-corrected chi connectivity index (χ2v) is 14.6. The van der Waals surface area contributed by atoms with E-state index in [4.69, 9.17) is 0 Å². The first-order valence-corrected chi connectivity index (χ1v) is 18.0. The number of carbonyl (C=O) groups is 1. The predicted octanol–water partition coefficient (Wildman–Crippen LogP) is 11.3. The molecule has 0 saturated carbocycles. The third-order valence-corrected chi connectivity index (χ3v) is 11.6. The highest BCUT2D eigenvalue weighted by Gasteiger charge is 2.38. The molecule has 260 valence electrons. The molecule has 1 atom stereocenters. The SMILES string of the molecule is O=C(NC(CP(c1ccccc1)c1ccccc1)c1ccccc1-c1c2ccccc2cc2ccccc12)c1cc(C(F)(F)F)cc(C(F)(F)F)c1. The summed E-state index contributed by atoms with van der Waals surface area (Å²) in [6.45, 7) is 0. The summed E-state index contributed by atoms with van der Waals surface area (Å²) in [4.78, 5) is 14.1. The van der Waals surface area contributed by atoms with Crippen LogP contribution in [0.1, 0.15) is 33.1 Å². The lowest BCUT2D eigenvalue weighted by Gasteiger charge is -2.28. The van der Waals surface area contributed by atoms with Crippen molar-refractivity contribution in [1.82, 2.24) is 5.32 Å². The number of benzene rings is 7. The van der Waals surface area contributed by atoms with Crippen LogP contribution in [0.4, 0.5) is 26.3 Å². The minimum atomic E-state index is -5.10. The van der Waals surface area contributed by atoms with Gasteiger partial charge in [0.05, 0.1) is 17.2 Å². The molecule has 0 fully saturated rings. The molecule has 1 N–H and O–H groups in total. The van der Waals surface area contributed by atoms with Crippen LogP contribution < -0.4 is 15.9 Å². The largest absolute Gasteiger partial charge is 0.416 e. The van der Waals surface area contributed by atoms with Crippen molar-refractivity contribution >= 4 is 46.0 Å². The number of carbonyl (C=O) groups excluding carboxylic acids is 1. The van der Waals surface area contributed by atoms with E-state index in [2.05, 4.69) is 11.4 Å². The van der Waals surface area contributed by atoms with Gasteiger partial charge in [0.2, 0.25) is 0 Å². The Bertz CT molecular complexity index is 2250. The van der Waals surface area contributed by atoms with E-state index in [9.17, 15) is 31.1 Å². The van der Waals surface area contributed by atoms with Crippen molar-refractivity contribution in [3.63, 3.8) is 0 Å². The molecule has 0 radical (unpaired) electrons. The number of nitrogens with one attached hydrogen (secondary N) is 1. The van der Waals surface area contributed by atoms with Crippen molar-refractivity contribution in [3.8, 4) is 11.1 Å². The summed E-state index contributed by atoms with van der Waals surface area (Å²) in [5, 5.41) is 8.82. The van der Waals surface area contributed by atoms with Crippen molar-refractivity contribution in [2.45, 2.75) is 18.4 Å². The molecule has 0 bridgehead atoms. The quantitative estimate of drug-likeness (QED) is 0.0945. The first-order chi connectivity index (χ1) is 25.0. The summed E-state index contributed by atoms with van der Waals surface area (Å²) in [6.07, 6.45) is -9.90. The molecule has 7 aromatic carbocycles. The van der Waals surface area contributed by atoms with E-state index in [1.165, 1.54) is 0 Å². The Morgan fingerprint density at radius 3 is 1.54 bits per heavy atom. The number of hydrogen-bond donors (Lipinski definition) is 1. The molecule has 0 aliphatic heterocycles. The van der Waals surface area contributed by atoms with Gasteiger partial charge in [-0.25, -0.2) is 0 Å². The Labute approximate surface area is 297 Å². The van der Waals surface area contributed by atoms with E-state index >= 15 is 0 Å². The molecule has 7 aromatic rings. The van der Waals surface area contributed by atoms with Crippen molar-refractivity contribution in [2.24, 2.45) is 0 Å². The van der Waals surface area contributed by atoms with E-state index in [1.54, 1.807) is 0 Å². The zero-order valence-electron chi connectivity index (χ0n) is 27.4. The maximum atomic E-state index is 14.1. The molecule has 0 aliphatic carbocycles. The van der Waals surface area contributed by atoms with Gasteiger partial charge in [-0.05, 0) is 81.0 Å². The third kappa shape index (κ3) is 7.30. The molecule has 0 heterocycles. The number of amides is 1. The van der Waals surface area contributed by atoms with Gasteiger partial charge in [0, 0.05) is 11.7 Å². The van der Waals surface area contributed by atoms with Crippen molar-refractivity contribution in [2.75, 3.05) is 6.16 Å². The summed E-state index contributed by atoms with van der Waals surface area (Å²) >= 11 is 0. The highest BCUT2D eigenvalue weighted by Crippen LogP contribution is 2.44. The minimum absolute atomic E-state index is 0.0270. The van der Waals surface area contributed by atoms with Crippen LogP contribution >= 0.6 is 7.92 Å². The fraction of sp³-hybridized carbons (Fsp3) is 0.0930. The van der Waals surface area contributed by atoms with Gasteiger partial charge in [-0.3, -0.25) is 4.79 Å². The molecule has 1 amide bonds. The van der Waals surface area contributed by atoms with E-state index in [0.29, 0.717) is 23.9 Å². The smallest absolute Gasteiger partial charge is 0.345 e. The number of fused-ring (bicyclic) bond motifs is 2. The summed E-state index contributed by atoms with van der Waals surface area (Å²) in [5.41, 5.74) is -1.46. The fourth-order valence-corrected chi connectivity index (χ4v) is 9.08. The first kappa shape index (κ1) is 35.0. The van der Waals surface area contributed by atoms with Crippen LogP contribution in [0.25, 0.3) is 32.7 Å². The molecular formula is C43H30F6NOP. The highest BCUT2D eigenvalue weighted by atomic mass is 31.1. The standard InChI is InChI=1S/C43H30F6NOP/c44-42(45,46)31-24-30(25-32(26-31)43(47,48)49)41(51)50-39(27-52(33-15-3-1-4-16-33)34-17-5-2-6-18-34)37-21-11-12-22-38(37)40-35-19-9-7-13-28(35)23-29-14-8-10-20-36(29)40/h1-26,39H,27H2,(H,50,51). The Morgan fingerprint density at radius 1 is 0.558 bits per heavy atom. The molecule has 0 aromatic heterocycles. The highest BCUT2D eigenvalue weighted by molar-refractivity contribution is 7.73. The molecule has 9 heteroatoms. The van der Waals surface area contributed by atoms with Crippen molar-refractivity contribution in [1.29, 1.82) is 0 Å².